The van der Waals surface area contributed by atoms with Gasteiger partial charge >= 0.3 is 0 Å². The Balaban J connectivity index is 1.84. The van der Waals surface area contributed by atoms with Crippen molar-refractivity contribution < 1.29 is 9.66 Å². The van der Waals surface area contributed by atoms with Crippen LogP contribution in [0.25, 0.3) is 0 Å². The van der Waals surface area contributed by atoms with Gasteiger partial charge in [0.15, 0.2) is 0 Å². The van der Waals surface area contributed by atoms with Gasteiger partial charge in [0, 0.05) is 31.3 Å². The fraction of sp³-hybridized carbons (Fsp3) is 0.200. The smallest absolute Gasteiger partial charge is 0.269 e. The van der Waals surface area contributed by atoms with Crippen LogP contribution in [0.4, 0.5) is 11.4 Å². The number of ether oxygens (including phenoxy) is 1. The molecule has 0 aromatic heterocycles. The minimum Gasteiger partial charge on any atom is -0.493 e. The summed E-state index contributed by atoms with van der Waals surface area (Å²) in [6.07, 6.45) is 0.714. The van der Waals surface area contributed by atoms with Gasteiger partial charge in [0.25, 0.3) is 5.69 Å². The van der Waals surface area contributed by atoms with Crippen LogP contribution in [0.1, 0.15) is 5.56 Å². The molecule has 104 valence electrons. The SMILES string of the molecule is CNc1ccc(OCCc2ccc([N+](=O)[O-])cc2)cc1. The fourth-order valence-electron chi connectivity index (χ4n) is 1.79. The fourth-order valence-corrected chi connectivity index (χ4v) is 1.79. The molecule has 0 saturated heterocycles. The zero-order valence-corrected chi connectivity index (χ0v) is 11.2. The number of nitrogens with one attached hydrogen (secondary N) is 1. The van der Waals surface area contributed by atoms with Gasteiger partial charge in [-0.15, -0.1) is 0 Å². The van der Waals surface area contributed by atoms with Crippen molar-refractivity contribution >= 4 is 11.4 Å². The normalized spacial score (nSPS) is 10.1. The van der Waals surface area contributed by atoms with Crippen molar-refractivity contribution in [1.29, 1.82) is 0 Å². The molecule has 0 aliphatic rings. The summed E-state index contributed by atoms with van der Waals surface area (Å²) in [5, 5.41) is 13.6. The maximum absolute atomic E-state index is 10.5. The molecule has 0 unspecified atom stereocenters. The number of non-ortho nitro benzene ring substituents is 1. The summed E-state index contributed by atoms with van der Waals surface area (Å²) in [6.45, 7) is 0.538. The van der Waals surface area contributed by atoms with E-state index in [4.69, 9.17) is 4.74 Å². The van der Waals surface area contributed by atoms with Gasteiger partial charge in [0.2, 0.25) is 0 Å². The molecule has 0 saturated carbocycles. The summed E-state index contributed by atoms with van der Waals surface area (Å²) in [7, 11) is 1.87. The molecule has 0 radical (unpaired) electrons. The third-order valence-corrected chi connectivity index (χ3v) is 2.95. The largest absolute Gasteiger partial charge is 0.493 e. The van der Waals surface area contributed by atoms with E-state index in [2.05, 4.69) is 5.32 Å². The average Bonchev–Trinajstić information content (AvgIpc) is 2.48. The first-order valence-electron chi connectivity index (χ1n) is 6.33. The molecule has 20 heavy (non-hydrogen) atoms. The molecule has 0 atom stereocenters. The summed E-state index contributed by atoms with van der Waals surface area (Å²) >= 11 is 0. The van der Waals surface area contributed by atoms with Gasteiger partial charge in [-0.2, -0.15) is 0 Å². The highest BCUT2D eigenvalue weighted by Crippen LogP contribution is 2.16. The molecule has 0 amide bonds. The topological polar surface area (TPSA) is 64.4 Å². The van der Waals surface area contributed by atoms with Crippen LogP contribution >= 0.6 is 0 Å². The van der Waals surface area contributed by atoms with Crippen LogP contribution in [0.3, 0.4) is 0 Å². The minimum atomic E-state index is -0.399. The lowest BCUT2D eigenvalue weighted by Gasteiger charge is -2.07. The van der Waals surface area contributed by atoms with E-state index in [1.54, 1.807) is 12.1 Å². The second-order valence-corrected chi connectivity index (χ2v) is 4.30. The first-order chi connectivity index (χ1) is 9.69. The molecule has 0 fully saturated rings. The molecule has 0 heterocycles. The second kappa shape index (κ2) is 6.56. The number of benzene rings is 2. The lowest BCUT2D eigenvalue weighted by molar-refractivity contribution is -0.384. The van der Waals surface area contributed by atoms with E-state index in [0.29, 0.717) is 13.0 Å². The molecule has 2 aromatic carbocycles. The highest BCUT2D eigenvalue weighted by atomic mass is 16.6. The monoisotopic (exact) mass is 272 g/mol. The number of hydrogen-bond donors (Lipinski definition) is 1. The summed E-state index contributed by atoms with van der Waals surface area (Å²) in [4.78, 5) is 10.1. The standard InChI is InChI=1S/C15H16N2O3/c1-16-13-4-8-15(9-5-13)20-11-10-12-2-6-14(7-3-12)17(18)19/h2-9,16H,10-11H2,1H3. The van der Waals surface area contributed by atoms with Gasteiger partial charge in [-0.1, -0.05) is 12.1 Å². The zero-order chi connectivity index (χ0) is 14.4. The highest BCUT2D eigenvalue weighted by Gasteiger charge is 2.03. The minimum absolute atomic E-state index is 0.109. The number of hydrogen-bond acceptors (Lipinski definition) is 4. The molecule has 2 aromatic rings. The quantitative estimate of drug-likeness (QED) is 0.647. The van der Waals surface area contributed by atoms with Crippen molar-refractivity contribution in [3.8, 4) is 5.75 Å². The van der Waals surface area contributed by atoms with Gasteiger partial charge in [-0.25, -0.2) is 0 Å². The van der Waals surface area contributed by atoms with Gasteiger partial charge in [-0.3, -0.25) is 10.1 Å². The number of nitro benzene ring substituents is 1. The Morgan fingerprint density at radius 1 is 1.10 bits per heavy atom. The van der Waals surface area contributed by atoms with E-state index in [-0.39, 0.29) is 5.69 Å². The van der Waals surface area contributed by atoms with E-state index >= 15 is 0 Å². The van der Waals surface area contributed by atoms with E-state index < -0.39 is 4.92 Å². The van der Waals surface area contributed by atoms with Crippen molar-refractivity contribution in [2.24, 2.45) is 0 Å². The summed E-state index contributed by atoms with van der Waals surface area (Å²) in [5.41, 5.74) is 2.16. The van der Waals surface area contributed by atoms with Crippen molar-refractivity contribution in [2.45, 2.75) is 6.42 Å². The summed E-state index contributed by atoms with van der Waals surface area (Å²) < 4.78 is 5.63. The molecule has 1 N–H and O–H groups in total. The Morgan fingerprint density at radius 3 is 2.30 bits per heavy atom. The lowest BCUT2D eigenvalue weighted by atomic mass is 10.1. The first kappa shape index (κ1) is 13.9. The lowest BCUT2D eigenvalue weighted by Crippen LogP contribution is -2.01. The molecule has 0 spiro atoms. The Bertz CT molecular complexity index is 565. The molecule has 2 rings (SSSR count). The summed E-state index contributed by atoms with van der Waals surface area (Å²) in [6, 6.07) is 14.2. The zero-order valence-electron chi connectivity index (χ0n) is 11.2. The van der Waals surface area contributed by atoms with Crippen LogP contribution in [0.2, 0.25) is 0 Å². The van der Waals surface area contributed by atoms with Crippen molar-refractivity contribution in [1.82, 2.24) is 0 Å². The first-order valence-corrected chi connectivity index (χ1v) is 6.33. The maximum Gasteiger partial charge on any atom is 0.269 e. The highest BCUT2D eigenvalue weighted by molar-refractivity contribution is 5.45. The molecule has 5 heteroatoms. The van der Waals surface area contributed by atoms with E-state index in [1.807, 2.05) is 31.3 Å². The van der Waals surface area contributed by atoms with Crippen LogP contribution in [-0.4, -0.2) is 18.6 Å². The predicted molar refractivity (Wildman–Crippen MR) is 78.3 cm³/mol. The second-order valence-electron chi connectivity index (χ2n) is 4.30. The van der Waals surface area contributed by atoms with Crippen molar-refractivity contribution in [2.75, 3.05) is 19.0 Å². The average molecular weight is 272 g/mol. The Morgan fingerprint density at radius 2 is 1.75 bits per heavy atom. The number of anilines is 1. The molecule has 5 nitrogen and oxygen atoms in total. The van der Waals surface area contributed by atoms with Gasteiger partial charge in [0.1, 0.15) is 5.75 Å². The number of nitrogens with zero attached hydrogens (tertiary/aromatic N) is 1. The Kier molecular flexibility index (Phi) is 4.55. The van der Waals surface area contributed by atoms with Crippen LogP contribution in [0, 0.1) is 10.1 Å². The van der Waals surface area contributed by atoms with Crippen molar-refractivity contribution in [3.05, 3.63) is 64.2 Å². The molecule has 0 bridgehead atoms. The summed E-state index contributed by atoms with van der Waals surface area (Å²) in [5.74, 6) is 0.811. The Hall–Kier alpha value is -2.56. The molecular weight excluding hydrogens is 256 g/mol. The molecule has 0 aliphatic carbocycles. The predicted octanol–water partition coefficient (Wildman–Crippen LogP) is 3.26. The third kappa shape index (κ3) is 3.71. The van der Waals surface area contributed by atoms with Gasteiger partial charge in [-0.05, 0) is 29.8 Å². The molecule has 0 aliphatic heterocycles. The number of nitro groups is 1. The maximum atomic E-state index is 10.5. The van der Waals surface area contributed by atoms with Gasteiger partial charge in [0.05, 0.1) is 11.5 Å². The van der Waals surface area contributed by atoms with Crippen LogP contribution < -0.4 is 10.1 Å². The molecular formula is C15H16N2O3. The van der Waals surface area contributed by atoms with Crippen LogP contribution in [0.5, 0.6) is 5.75 Å². The van der Waals surface area contributed by atoms with Gasteiger partial charge < -0.3 is 10.1 Å². The van der Waals surface area contributed by atoms with E-state index in [9.17, 15) is 10.1 Å². The number of rotatable bonds is 6. The van der Waals surface area contributed by atoms with Crippen molar-refractivity contribution in [3.63, 3.8) is 0 Å². The van der Waals surface area contributed by atoms with E-state index in [0.717, 1.165) is 17.0 Å². The Labute approximate surface area is 117 Å². The third-order valence-electron chi connectivity index (χ3n) is 2.95. The van der Waals surface area contributed by atoms with Crippen LogP contribution in [0.15, 0.2) is 48.5 Å². The van der Waals surface area contributed by atoms with Crippen LogP contribution in [-0.2, 0) is 6.42 Å². The van der Waals surface area contributed by atoms with E-state index in [1.165, 1.54) is 12.1 Å².